The molecule has 5 nitrogen and oxygen atoms in total. The van der Waals surface area contributed by atoms with E-state index < -0.39 is 27.3 Å². The lowest BCUT2D eigenvalue weighted by atomic mass is 10.3. The molecular formula is C18H13ClFNO4S. The molecule has 0 saturated heterocycles. The Morgan fingerprint density at radius 3 is 2.50 bits per heavy atom. The highest BCUT2D eigenvalue weighted by Crippen LogP contribution is 2.23. The van der Waals surface area contributed by atoms with Gasteiger partial charge in [0.25, 0.3) is 5.91 Å². The molecule has 0 spiro atoms. The predicted octanol–water partition coefficient (Wildman–Crippen LogP) is 4.30. The van der Waals surface area contributed by atoms with Gasteiger partial charge in [0.2, 0.25) is 0 Å². The molecule has 1 N–H and O–H groups in total. The summed E-state index contributed by atoms with van der Waals surface area (Å²) >= 11 is 5.66. The van der Waals surface area contributed by atoms with Gasteiger partial charge in [-0.3, -0.25) is 4.79 Å². The Labute approximate surface area is 154 Å². The van der Waals surface area contributed by atoms with Crippen LogP contribution in [0.4, 0.5) is 10.1 Å². The van der Waals surface area contributed by atoms with E-state index in [1.165, 1.54) is 42.5 Å². The lowest BCUT2D eigenvalue weighted by Gasteiger charge is -2.05. The third-order valence-corrected chi connectivity index (χ3v) is 5.47. The molecule has 2 aromatic carbocycles. The summed E-state index contributed by atoms with van der Waals surface area (Å²) in [6.45, 7) is 0. The van der Waals surface area contributed by atoms with Crippen LogP contribution in [0.5, 0.6) is 0 Å². The average Bonchev–Trinajstić information content (AvgIpc) is 3.07. The number of hydrogen-bond acceptors (Lipinski definition) is 4. The molecule has 0 saturated carbocycles. The Kier molecular flexibility index (Phi) is 5.11. The normalized spacial score (nSPS) is 11.3. The first-order valence-corrected chi connectivity index (χ1v) is 9.52. The highest BCUT2D eigenvalue weighted by atomic mass is 35.5. The highest BCUT2D eigenvalue weighted by molar-refractivity contribution is 7.90. The summed E-state index contributed by atoms with van der Waals surface area (Å²) in [7, 11) is -3.60. The molecule has 0 atom stereocenters. The van der Waals surface area contributed by atoms with Crippen LogP contribution >= 0.6 is 11.6 Å². The van der Waals surface area contributed by atoms with E-state index in [4.69, 9.17) is 16.0 Å². The van der Waals surface area contributed by atoms with E-state index in [1.807, 2.05) is 0 Å². The van der Waals surface area contributed by atoms with Gasteiger partial charge < -0.3 is 9.73 Å². The summed E-state index contributed by atoms with van der Waals surface area (Å²) in [6, 6.07) is 14.8. The fourth-order valence-electron chi connectivity index (χ4n) is 2.26. The molecule has 1 amide bonds. The lowest BCUT2D eigenvalue weighted by molar-refractivity contribution is 0.0994. The molecule has 0 fully saturated rings. The maximum atomic E-state index is 13.8. The average molecular weight is 394 g/mol. The molecule has 134 valence electrons. The SMILES string of the molecule is O=C(Nc1cccc(Cl)c1F)c1ccc(CS(=O)(=O)c2ccccc2)o1. The molecule has 1 heterocycles. The Bertz CT molecular complexity index is 1050. The maximum Gasteiger partial charge on any atom is 0.291 e. The number of carbonyl (C=O) groups is 1. The molecule has 0 aliphatic heterocycles. The monoisotopic (exact) mass is 393 g/mol. The lowest BCUT2D eigenvalue weighted by Crippen LogP contribution is -2.12. The minimum atomic E-state index is -3.60. The van der Waals surface area contributed by atoms with E-state index in [-0.39, 0.29) is 27.1 Å². The fourth-order valence-corrected chi connectivity index (χ4v) is 3.70. The number of sulfone groups is 1. The van der Waals surface area contributed by atoms with Gasteiger partial charge in [0.15, 0.2) is 21.4 Å². The Morgan fingerprint density at radius 2 is 1.77 bits per heavy atom. The Balaban J connectivity index is 1.75. The molecule has 0 radical (unpaired) electrons. The summed E-state index contributed by atoms with van der Waals surface area (Å²) in [4.78, 5) is 12.3. The van der Waals surface area contributed by atoms with E-state index in [0.29, 0.717) is 0 Å². The number of furan rings is 1. The highest BCUT2D eigenvalue weighted by Gasteiger charge is 2.20. The minimum Gasteiger partial charge on any atom is -0.455 e. The van der Waals surface area contributed by atoms with Gasteiger partial charge in [-0.2, -0.15) is 0 Å². The number of anilines is 1. The molecule has 0 bridgehead atoms. The largest absolute Gasteiger partial charge is 0.455 e. The molecular weight excluding hydrogens is 381 g/mol. The summed E-state index contributed by atoms with van der Waals surface area (Å²) in [5, 5.41) is 2.21. The van der Waals surface area contributed by atoms with Crippen molar-refractivity contribution in [2.24, 2.45) is 0 Å². The van der Waals surface area contributed by atoms with Gasteiger partial charge in [-0.15, -0.1) is 0 Å². The maximum absolute atomic E-state index is 13.8. The van der Waals surface area contributed by atoms with Gasteiger partial charge in [0.1, 0.15) is 11.5 Å². The zero-order valence-electron chi connectivity index (χ0n) is 13.3. The quantitative estimate of drug-likeness (QED) is 0.701. The van der Waals surface area contributed by atoms with E-state index in [2.05, 4.69) is 5.32 Å². The van der Waals surface area contributed by atoms with Crippen molar-refractivity contribution in [1.29, 1.82) is 0 Å². The number of rotatable bonds is 5. The van der Waals surface area contributed by atoms with Gasteiger partial charge >= 0.3 is 0 Å². The first kappa shape index (κ1) is 18.2. The van der Waals surface area contributed by atoms with Gasteiger partial charge in [0.05, 0.1) is 15.6 Å². The van der Waals surface area contributed by atoms with Gasteiger partial charge in [0, 0.05) is 0 Å². The van der Waals surface area contributed by atoms with Gasteiger partial charge in [-0.1, -0.05) is 35.9 Å². The summed E-state index contributed by atoms with van der Waals surface area (Å²) in [6.07, 6.45) is 0. The van der Waals surface area contributed by atoms with E-state index in [0.717, 1.165) is 0 Å². The summed E-state index contributed by atoms with van der Waals surface area (Å²) < 4.78 is 43.8. The molecule has 0 aliphatic carbocycles. The number of amides is 1. The third-order valence-electron chi connectivity index (χ3n) is 3.52. The molecule has 3 rings (SSSR count). The minimum absolute atomic E-state index is 0.0997. The molecule has 3 aromatic rings. The van der Waals surface area contributed by atoms with Crippen molar-refractivity contribution in [3.05, 3.63) is 83.0 Å². The zero-order valence-corrected chi connectivity index (χ0v) is 14.9. The van der Waals surface area contributed by atoms with Crippen LogP contribution in [0.1, 0.15) is 16.3 Å². The topological polar surface area (TPSA) is 76.4 Å². The van der Waals surface area contributed by atoms with Crippen LogP contribution in [0, 0.1) is 5.82 Å². The predicted molar refractivity (Wildman–Crippen MR) is 95.4 cm³/mol. The smallest absolute Gasteiger partial charge is 0.291 e. The number of benzene rings is 2. The first-order valence-electron chi connectivity index (χ1n) is 7.49. The van der Waals surface area contributed by atoms with Crippen LogP contribution in [0.2, 0.25) is 5.02 Å². The molecule has 0 aliphatic rings. The third kappa shape index (κ3) is 3.95. The van der Waals surface area contributed by atoms with Crippen molar-refractivity contribution < 1.29 is 22.0 Å². The van der Waals surface area contributed by atoms with E-state index in [1.54, 1.807) is 18.2 Å². The van der Waals surface area contributed by atoms with Crippen molar-refractivity contribution in [1.82, 2.24) is 0 Å². The molecule has 8 heteroatoms. The van der Waals surface area contributed by atoms with Crippen molar-refractivity contribution in [3.8, 4) is 0 Å². The number of hydrogen-bond donors (Lipinski definition) is 1. The second-order valence-electron chi connectivity index (χ2n) is 5.39. The summed E-state index contributed by atoms with van der Waals surface area (Å²) in [5.74, 6) is -1.90. The zero-order chi connectivity index (χ0) is 18.7. The second-order valence-corrected chi connectivity index (χ2v) is 7.79. The fraction of sp³-hybridized carbons (Fsp3) is 0.0556. The number of halogens is 2. The van der Waals surface area contributed by atoms with Crippen molar-refractivity contribution in [2.45, 2.75) is 10.6 Å². The van der Waals surface area contributed by atoms with Gasteiger partial charge in [-0.05, 0) is 36.4 Å². The molecule has 26 heavy (non-hydrogen) atoms. The van der Waals surface area contributed by atoms with Crippen molar-refractivity contribution in [3.63, 3.8) is 0 Å². The second kappa shape index (κ2) is 7.31. The standard InChI is InChI=1S/C18H13ClFNO4S/c19-14-7-4-8-15(17(14)20)21-18(22)16-10-9-12(25-16)11-26(23,24)13-5-2-1-3-6-13/h1-10H,11H2,(H,21,22). The van der Waals surface area contributed by atoms with Crippen LogP contribution in [0.25, 0.3) is 0 Å². The van der Waals surface area contributed by atoms with Gasteiger partial charge in [-0.25, -0.2) is 12.8 Å². The van der Waals surface area contributed by atoms with Crippen molar-refractivity contribution >= 4 is 33.0 Å². The molecule has 0 unspecified atom stereocenters. The van der Waals surface area contributed by atoms with E-state index in [9.17, 15) is 17.6 Å². The number of carbonyl (C=O) groups excluding carboxylic acids is 1. The first-order chi connectivity index (χ1) is 12.4. The molecule has 1 aromatic heterocycles. The Hall–Kier alpha value is -2.64. The van der Waals surface area contributed by atoms with Crippen LogP contribution < -0.4 is 5.32 Å². The van der Waals surface area contributed by atoms with Crippen LogP contribution in [0.15, 0.2) is 70.0 Å². The van der Waals surface area contributed by atoms with Crippen LogP contribution in [0.3, 0.4) is 0 Å². The van der Waals surface area contributed by atoms with Crippen molar-refractivity contribution in [2.75, 3.05) is 5.32 Å². The van der Waals surface area contributed by atoms with E-state index >= 15 is 0 Å². The number of nitrogens with one attached hydrogen (secondary N) is 1. The summed E-state index contributed by atoms with van der Waals surface area (Å²) in [5.41, 5.74) is -0.0997. The van der Waals surface area contributed by atoms with Crippen LogP contribution in [-0.4, -0.2) is 14.3 Å². The Morgan fingerprint density at radius 1 is 1.04 bits per heavy atom. The van der Waals surface area contributed by atoms with Crippen LogP contribution in [-0.2, 0) is 15.6 Å².